The highest BCUT2D eigenvalue weighted by atomic mass is 16.5. The van der Waals surface area contributed by atoms with Crippen LogP contribution in [0.4, 0.5) is 0 Å². The highest BCUT2D eigenvalue weighted by molar-refractivity contribution is 5.76. The van der Waals surface area contributed by atoms with Gasteiger partial charge in [0.05, 0.1) is 24.2 Å². The molecule has 0 aromatic heterocycles. The first kappa shape index (κ1) is 15.2. The maximum atomic E-state index is 11.6. The van der Waals surface area contributed by atoms with Crippen molar-refractivity contribution < 1.29 is 9.53 Å². The first-order valence-electron chi connectivity index (χ1n) is 6.15. The lowest BCUT2D eigenvalue weighted by Crippen LogP contribution is -2.37. The van der Waals surface area contributed by atoms with E-state index in [1.165, 1.54) is 7.11 Å². The molecule has 0 unspecified atom stereocenters. The summed E-state index contributed by atoms with van der Waals surface area (Å²) in [5.41, 5.74) is 1.16. The fraction of sp³-hybridized carbons (Fsp3) is 0.467. The lowest BCUT2D eigenvalue weighted by molar-refractivity contribution is -0.151. The summed E-state index contributed by atoms with van der Waals surface area (Å²) in [5.74, 6) is -0.217. The van der Waals surface area contributed by atoms with Crippen LogP contribution in [0.25, 0.3) is 0 Å². The zero-order chi connectivity index (χ0) is 14.5. The van der Waals surface area contributed by atoms with E-state index in [2.05, 4.69) is 6.07 Å². The number of ether oxygens (including phenoxy) is 1. The molecule has 4 heteroatoms. The second kappa shape index (κ2) is 6.35. The van der Waals surface area contributed by atoms with E-state index in [9.17, 15) is 4.79 Å². The van der Waals surface area contributed by atoms with Crippen molar-refractivity contribution in [1.29, 1.82) is 5.26 Å². The average Bonchev–Trinajstić information content (AvgIpc) is 2.37. The van der Waals surface area contributed by atoms with E-state index in [4.69, 9.17) is 10.00 Å². The number of hydrogen-bond donors (Lipinski definition) is 0. The SMILES string of the molecule is COC(=O)C(C)(C)CN(C)Cc1cccc(C#N)c1. The molecule has 0 amide bonds. The summed E-state index contributed by atoms with van der Waals surface area (Å²) in [5, 5.41) is 8.86. The maximum absolute atomic E-state index is 11.6. The van der Waals surface area contributed by atoms with Crippen molar-refractivity contribution >= 4 is 5.97 Å². The Bertz CT molecular complexity index is 489. The number of benzene rings is 1. The van der Waals surface area contributed by atoms with Gasteiger partial charge in [0, 0.05) is 13.1 Å². The van der Waals surface area contributed by atoms with Gasteiger partial charge in [0.25, 0.3) is 0 Å². The largest absolute Gasteiger partial charge is 0.469 e. The van der Waals surface area contributed by atoms with Crippen LogP contribution in [0.15, 0.2) is 24.3 Å². The summed E-state index contributed by atoms with van der Waals surface area (Å²) < 4.78 is 4.79. The molecule has 0 fully saturated rings. The van der Waals surface area contributed by atoms with Crippen molar-refractivity contribution in [2.45, 2.75) is 20.4 Å². The van der Waals surface area contributed by atoms with Crippen LogP contribution in [0.3, 0.4) is 0 Å². The molecule has 0 atom stereocenters. The van der Waals surface area contributed by atoms with Gasteiger partial charge in [-0.15, -0.1) is 0 Å². The Hall–Kier alpha value is -1.86. The predicted molar refractivity (Wildman–Crippen MR) is 73.3 cm³/mol. The van der Waals surface area contributed by atoms with Gasteiger partial charge in [-0.3, -0.25) is 4.79 Å². The third-order valence-electron chi connectivity index (χ3n) is 2.91. The van der Waals surface area contributed by atoms with Gasteiger partial charge in [0.15, 0.2) is 0 Å². The smallest absolute Gasteiger partial charge is 0.312 e. The van der Waals surface area contributed by atoms with Crippen molar-refractivity contribution in [1.82, 2.24) is 4.90 Å². The van der Waals surface area contributed by atoms with E-state index in [1.54, 1.807) is 6.07 Å². The minimum Gasteiger partial charge on any atom is -0.469 e. The van der Waals surface area contributed by atoms with Gasteiger partial charge in [0.2, 0.25) is 0 Å². The standard InChI is InChI=1S/C15H20N2O2/c1-15(2,14(18)19-4)11-17(3)10-13-7-5-6-12(8-13)9-16/h5-8H,10-11H2,1-4H3. The van der Waals surface area contributed by atoms with Crippen molar-refractivity contribution in [3.63, 3.8) is 0 Å². The molecule has 0 aliphatic rings. The monoisotopic (exact) mass is 260 g/mol. The van der Waals surface area contributed by atoms with Crippen LogP contribution in [0.1, 0.15) is 25.0 Å². The van der Waals surface area contributed by atoms with Gasteiger partial charge in [-0.2, -0.15) is 5.26 Å². The zero-order valence-corrected chi connectivity index (χ0v) is 11.9. The Balaban J connectivity index is 2.67. The Morgan fingerprint density at radius 1 is 1.47 bits per heavy atom. The van der Waals surface area contributed by atoms with Gasteiger partial charge in [0.1, 0.15) is 0 Å². The molecule has 0 spiro atoms. The van der Waals surface area contributed by atoms with Crippen molar-refractivity contribution in [2.75, 3.05) is 20.7 Å². The molecule has 0 aliphatic carbocycles. The molecule has 1 aromatic rings. The zero-order valence-electron chi connectivity index (χ0n) is 11.9. The molecule has 102 valence electrons. The second-order valence-electron chi connectivity index (χ2n) is 5.36. The van der Waals surface area contributed by atoms with Gasteiger partial charge in [-0.25, -0.2) is 0 Å². The van der Waals surface area contributed by atoms with E-state index in [-0.39, 0.29) is 5.97 Å². The molecule has 1 rings (SSSR count). The Morgan fingerprint density at radius 3 is 2.74 bits per heavy atom. The predicted octanol–water partition coefficient (Wildman–Crippen LogP) is 2.19. The van der Waals surface area contributed by atoms with Crippen molar-refractivity contribution in [2.24, 2.45) is 5.41 Å². The summed E-state index contributed by atoms with van der Waals surface area (Å²) in [6.45, 7) is 5.01. The molecular weight excluding hydrogens is 240 g/mol. The topological polar surface area (TPSA) is 53.3 Å². The van der Waals surface area contributed by atoms with E-state index in [0.29, 0.717) is 18.7 Å². The van der Waals surface area contributed by atoms with E-state index in [0.717, 1.165) is 5.56 Å². The van der Waals surface area contributed by atoms with Crippen LogP contribution in [0.2, 0.25) is 0 Å². The van der Waals surface area contributed by atoms with Crippen LogP contribution >= 0.6 is 0 Å². The van der Waals surface area contributed by atoms with Gasteiger partial charge >= 0.3 is 5.97 Å². The number of carbonyl (C=O) groups is 1. The lowest BCUT2D eigenvalue weighted by atomic mass is 9.93. The minimum atomic E-state index is -0.545. The summed E-state index contributed by atoms with van der Waals surface area (Å²) in [7, 11) is 3.35. The van der Waals surface area contributed by atoms with Gasteiger partial charge in [-0.05, 0) is 38.6 Å². The fourth-order valence-electron chi connectivity index (χ4n) is 2.12. The first-order valence-corrected chi connectivity index (χ1v) is 6.15. The maximum Gasteiger partial charge on any atom is 0.312 e. The molecule has 0 N–H and O–H groups in total. The second-order valence-corrected chi connectivity index (χ2v) is 5.36. The molecule has 0 saturated heterocycles. The van der Waals surface area contributed by atoms with Gasteiger partial charge in [-0.1, -0.05) is 12.1 Å². The lowest BCUT2D eigenvalue weighted by Gasteiger charge is -2.27. The number of nitriles is 1. The first-order chi connectivity index (χ1) is 8.89. The highest BCUT2D eigenvalue weighted by Crippen LogP contribution is 2.19. The van der Waals surface area contributed by atoms with Crippen LogP contribution in [-0.4, -0.2) is 31.6 Å². The average molecular weight is 260 g/mol. The van der Waals surface area contributed by atoms with E-state index >= 15 is 0 Å². The summed E-state index contributed by atoms with van der Waals surface area (Å²) in [6, 6.07) is 9.61. The molecule has 4 nitrogen and oxygen atoms in total. The van der Waals surface area contributed by atoms with Crippen molar-refractivity contribution in [3.05, 3.63) is 35.4 Å². The molecular formula is C15H20N2O2. The van der Waals surface area contributed by atoms with E-state index < -0.39 is 5.41 Å². The Morgan fingerprint density at radius 2 is 2.16 bits per heavy atom. The van der Waals surface area contributed by atoms with E-state index in [1.807, 2.05) is 44.0 Å². The normalized spacial score (nSPS) is 11.2. The molecule has 0 saturated carbocycles. The number of carbonyl (C=O) groups excluding carboxylic acids is 1. The highest BCUT2D eigenvalue weighted by Gasteiger charge is 2.29. The molecule has 0 bridgehead atoms. The number of methoxy groups -OCH3 is 1. The molecule has 0 aliphatic heterocycles. The quantitative estimate of drug-likeness (QED) is 0.761. The Kier molecular flexibility index (Phi) is 5.08. The number of nitrogens with zero attached hydrogens (tertiary/aromatic N) is 2. The number of rotatable bonds is 5. The van der Waals surface area contributed by atoms with Gasteiger partial charge < -0.3 is 9.64 Å². The third kappa shape index (κ3) is 4.38. The van der Waals surface area contributed by atoms with Crippen molar-refractivity contribution in [3.8, 4) is 6.07 Å². The van der Waals surface area contributed by atoms with Crippen LogP contribution in [-0.2, 0) is 16.1 Å². The van der Waals surface area contributed by atoms with Crippen LogP contribution < -0.4 is 0 Å². The van der Waals surface area contributed by atoms with Crippen LogP contribution in [0, 0.1) is 16.7 Å². The summed E-state index contributed by atoms with van der Waals surface area (Å²) in [4.78, 5) is 13.7. The number of hydrogen-bond acceptors (Lipinski definition) is 4. The number of esters is 1. The molecule has 1 aromatic carbocycles. The fourth-order valence-corrected chi connectivity index (χ4v) is 2.12. The molecule has 19 heavy (non-hydrogen) atoms. The summed E-state index contributed by atoms with van der Waals surface area (Å²) in [6.07, 6.45) is 0. The summed E-state index contributed by atoms with van der Waals surface area (Å²) >= 11 is 0. The molecule has 0 radical (unpaired) electrons. The molecule has 0 heterocycles. The Labute approximate surface area is 114 Å². The third-order valence-corrected chi connectivity index (χ3v) is 2.91. The van der Waals surface area contributed by atoms with Crippen LogP contribution in [0.5, 0.6) is 0 Å². The minimum absolute atomic E-state index is 0.217.